The summed E-state index contributed by atoms with van der Waals surface area (Å²) in [6.45, 7) is 11.2. The van der Waals surface area contributed by atoms with Crippen molar-refractivity contribution in [2.24, 2.45) is 5.92 Å². The molecule has 1 aliphatic rings. The van der Waals surface area contributed by atoms with Gasteiger partial charge in [0.25, 0.3) is 0 Å². The van der Waals surface area contributed by atoms with Crippen LogP contribution in [0.1, 0.15) is 49.4 Å². The smallest absolute Gasteiger partial charge is 0.0385 e. The van der Waals surface area contributed by atoms with Gasteiger partial charge in [-0.05, 0) is 51.8 Å². The van der Waals surface area contributed by atoms with Gasteiger partial charge in [0.05, 0.1) is 0 Å². The Labute approximate surface area is 124 Å². The summed E-state index contributed by atoms with van der Waals surface area (Å²) in [6, 6.07) is 8.16. The number of likely N-dealkylation sites (tertiary alicyclic amines) is 1. The largest absolute Gasteiger partial charge is 0.314 e. The van der Waals surface area contributed by atoms with Crippen LogP contribution in [0.5, 0.6) is 0 Å². The fraction of sp³-hybridized carbons (Fsp3) is 0.667. The van der Waals surface area contributed by atoms with Crippen molar-refractivity contribution in [1.29, 1.82) is 0 Å². The number of nitrogens with one attached hydrogen (secondary N) is 1. The number of nitrogens with zero attached hydrogens (tertiary/aromatic N) is 1. The molecule has 2 atom stereocenters. The molecule has 0 amide bonds. The molecule has 0 saturated carbocycles. The number of aryl methyl sites for hydroxylation is 2. The van der Waals surface area contributed by atoms with Gasteiger partial charge in [-0.25, -0.2) is 0 Å². The Balaban J connectivity index is 2.22. The van der Waals surface area contributed by atoms with Crippen molar-refractivity contribution in [2.75, 3.05) is 20.1 Å². The number of benzene rings is 1. The molecule has 1 aliphatic heterocycles. The highest BCUT2D eigenvalue weighted by molar-refractivity contribution is 5.31. The van der Waals surface area contributed by atoms with E-state index in [9.17, 15) is 0 Å². The van der Waals surface area contributed by atoms with Crippen LogP contribution in [0.2, 0.25) is 0 Å². The summed E-state index contributed by atoms with van der Waals surface area (Å²) < 4.78 is 0. The molecule has 0 aromatic heterocycles. The van der Waals surface area contributed by atoms with Crippen LogP contribution in [0, 0.1) is 19.8 Å². The van der Waals surface area contributed by atoms with Gasteiger partial charge in [0.1, 0.15) is 0 Å². The van der Waals surface area contributed by atoms with Crippen LogP contribution in [0.3, 0.4) is 0 Å². The SMILES string of the molecule is Cc1cc(C)cc(C2C(CNC(C)C)CCCN2C)c1. The van der Waals surface area contributed by atoms with Gasteiger partial charge >= 0.3 is 0 Å². The monoisotopic (exact) mass is 274 g/mol. The number of hydrogen-bond acceptors (Lipinski definition) is 2. The molecule has 1 heterocycles. The Bertz CT molecular complexity index is 419. The molecule has 0 aliphatic carbocycles. The highest BCUT2D eigenvalue weighted by Crippen LogP contribution is 2.35. The first-order valence-electron chi connectivity index (χ1n) is 7.99. The number of hydrogen-bond donors (Lipinski definition) is 1. The minimum atomic E-state index is 0.564. The van der Waals surface area contributed by atoms with Gasteiger partial charge in [-0.2, -0.15) is 0 Å². The van der Waals surface area contributed by atoms with Crippen molar-refractivity contribution in [3.8, 4) is 0 Å². The zero-order valence-electron chi connectivity index (χ0n) is 13.7. The van der Waals surface area contributed by atoms with E-state index in [2.05, 4.69) is 63.2 Å². The lowest BCUT2D eigenvalue weighted by molar-refractivity contribution is 0.118. The summed E-state index contributed by atoms with van der Waals surface area (Å²) in [4.78, 5) is 2.55. The van der Waals surface area contributed by atoms with Gasteiger partial charge in [-0.1, -0.05) is 43.2 Å². The lowest BCUT2D eigenvalue weighted by Crippen LogP contribution is -2.41. The van der Waals surface area contributed by atoms with Crippen LogP contribution >= 0.6 is 0 Å². The predicted molar refractivity (Wildman–Crippen MR) is 87.1 cm³/mol. The van der Waals surface area contributed by atoms with Crippen LogP contribution in [0.15, 0.2) is 18.2 Å². The van der Waals surface area contributed by atoms with Crippen LogP contribution in [0.25, 0.3) is 0 Å². The molecular weight excluding hydrogens is 244 g/mol. The highest BCUT2D eigenvalue weighted by Gasteiger charge is 2.30. The van der Waals surface area contributed by atoms with Gasteiger partial charge in [0.15, 0.2) is 0 Å². The second-order valence-corrected chi connectivity index (χ2v) is 6.81. The molecule has 2 unspecified atom stereocenters. The zero-order chi connectivity index (χ0) is 14.7. The average molecular weight is 274 g/mol. The molecule has 1 N–H and O–H groups in total. The third kappa shape index (κ3) is 3.83. The Morgan fingerprint density at radius 3 is 2.45 bits per heavy atom. The normalized spacial score (nSPS) is 24.3. The number of piperidine rings is 1. The van der Waals surface area contributed by atoms with Gasteiger partial charge < -0.3 is 5.32 Å². The van der Waals surface area contributed by atoms with Gasteiger partial charge in [-0.15, -0.1) is 0 Å². The fourth-order valence-corrected chi connectivity index (χ4v) is 3.57. The molecule has 2 heteroatoms. The number of rotatable bonds is 4. The highest BCUT2D eigenvalue weighted by atomic mass is 15.1. The van der Waals surface area contributed by atoms with Crippen molar-refractivity contribution < 1.29 is 0 Å². The van der Waals surface area contributed by atoms with E-state index in [0.717, 1.165) is 12.5 Å². The summed E-state index contributed by atoms with van der Waals surface area (Å²) in [7, 11) is 2.28. The minimum Gasteiger partial charge on any atom is -0.314 e. The van der Waals surface area contributed by atoms with Crippen LogP contribution < -0.4 is 5.32 Å². The van der Waals surface area contributed by atoms with Crippen LogP contribution in [-0.4, -0.2) is 31.1 Å². The predicted octanol–water partition coefficient (Wildman–Crippen LogP) is 3.68. The van der Waals surface area contributed by atoms with Crippen molar-refractivity contribution in [1.82, 2.24) is 10.2 Å². The maximum Gasteiger partial charge on any atom is 0.0385 e. The third-order valence-electron chi connectivity index (χ3n) is 4.38. The van der Waals surface area contributed by atoms with E-state index >= 15 is 0 Å². The van der Waals surface area contributed by atoms with E-state index in [1.165, 1.54) is 36.1 Å². The summed E-state index contributed by atoms with van der Waals surface area (Å²) in [5, 5.41) is 3.64. The lowest BCUT2D eigenvalue weighted by atomic mass is 9.84. The molecule has 0 spiro atoms. The van der Waals surface area contributed by atoms with Gasteiger partial charge in [0.2, 0.25) is 0 Å². The molecular formula is C18H30N2. The van der Waals surface area contributed by atoms with Gasteiger partial charge in [-0.3, -0.25) is 4.90 Å². The second-order valence-electron chi connectivity index (χ2n) is 6.81. The first-order chi connectivity index (χ1) is 9.47. The topological polar surface area (TPSA) is 15.3 Å². The Kier molecular flexibility index (Phi) is 5.22. The molecule has 1 saturated heterocycles. The van der Waals surface area contributed by atoms with Crippen molar-refractivity contribution in [2.45, 2.75) is 52.6 Å². The van der Waals surface area contributed by atoms with Crippen molar-refractivity contribution in [3.63, 3.8) is 0 Å². The standard InChI is InChI=1S/C18H30N2/c1-13(2)19-12-16-7-6-8-20(5)18(16)17-10-14(3)9-15(4)11-17/h9-11,13,16,18-19H,6-8,12H2,1-5H3. The maximum atomic E-state index is 3.64. The van der Waals surface area contributed by atoms with Crippen molar-refractivity contribution >= 4 is 0 Å². The van der Waals surface area contributed by atoms with E-state index in [1.54, 1.807) is 0 Å². The molecule has 1 aromatic carbocycles. The Morgan fingerprint density at radius 1 is 1.20 bits per heavy atom. The first-order valence-corrected chi connectivity index (χ1v) is 7.99. The van der Waals surface area contributed by atoms with Gasteiger partial charge in [0, 0.05) is 18.6 Å². The van der Waals surface area contributed by atoms with Crippen LogP contribution in [-0.2, 0) is 0 Å². The van der Waals surface area contributed by atoms with E-state index in [4.69, 9.17) is 0 Å². The van der Waals surface area contributed by atoms with E-state index < -0.39 is 0 Å². The summed E-state index contributed by atoms with van der Waals surface area (Å²) in [6.07, 6.45) is 2.66. The van der Waals surface area contributed by atoms with Crippen LogP contribution in [0.4, 0.5) is 0 Å². The van der Waals surface area contributed by atoms with E-state index in [-0.39, 0.29) is 0 Å². The Hall–Kier alpha value is -0.860. The van der Waals surface area contributed by atoms with E-state index in [0.29, 0.717) is 12.1 Å². The lowest BCUT2D eigenvalue weighted by Gasteiger charge is -2.40. The summed E-state index contributed by atoms with van der Waals surface area (Å²) >= 11 is 0. The second kappa shape index (κ2) is 6.73. The molecule has 0 bridgehead atoms. The Morgan fingerprint density at radius 2 is 1.85 bits per heavy atom. The molecule has 112 valence electrons. The van der Waals surface area contributed by atoms with E-state index in [1.807, 2.05) is 0 Å². The summed E-state index contributed by atoms with van der Waals surface area (Å²) in [5.41, 5.74) is 4.27. The molecule has 0 radical (unpaired) electrons. The zero-order valence-corrected chi connectivity index (χ0v) is 13.7. The molecule has 2 nitrogen and oxygen atoms in total. The summed E-state index contributed by atoms with van der Waals surface area (Å²) in [5.74, 6) is 0.720. The molecule has 20 heavy (non-hydrogen) atoms. The maximum absolute atomic E-state index is 3.64. The van der Waals surface area contributed by atoms with Crippen molar-refractivity contribution in [3.05, 3.63) is 34.9 Å². The first kappa shape index (κ1) is 15.5. The average Bonchev–Trinajstić information content (AvgIpc) is 2.35. The fourth-order valence-electron chi connectivity index (χ4n) is 3.57. The molecule has 2 rings (SSSR count). The quantitative estimate of drug-likeness (QED) is 0.901. The molecule has 1 fully saturated rings. The molecule has 1 aromatic rings. The third-order valence-corrected chi connectivity index (χ3v) is 4.38. The minimum absolute atomic E-state index is 0.564.